The Morgan fingerprint density at radius 3 is 2.46 bits per heavy atom. The number of amides is 1. The van der Waals surface area contributed by atoms with Crippen molar-refractivity contribution in [2.45, 2.75) is 32.7 Å². The molecule has 0 spiro atoms. The van der Waals surface area contributed by atoms with E-state index in [2.05, 4.69) is 40.2 Å². The zero-order valence-electron chi connectivity index (χ0n) is 17.1. The van der Waals surface area contributed by atoms with Crippen molar-refractivity contribution in [2.75, 3.05) is 32.8 Å². The first-order valence-corrected chi connectivity index (χ1v) is 10.2. The van der Waals surface area contributed by atoms with E-state index in [1.165, 1.54) is 18.5 Å². The van der Waals surface area contributed by atoms with Crippen LogP contribution in [0.5, 0.6) is 11.5 Å². The lowest BCUT2D eigenvalue weighted by atomic mass is 10.1. The third-order valence-corrected chi connectivity index (χ3v) is 5.17. The van der Waals surface area contributed by atoms with Crippen LogP contribution in [-0.2, 0) is 7.05 Å². The minimum atomic E-state index is -0.0950. The number of likely N-dealkylation sites (tertiary alicyclic amines) is 1. The second kappa shape index (κ2) is 9.64. The Morgan fingerprint density at radius 2 is 1.82 bits per heavy atom. The zero-order chi connectivity index (χ0) is 19.9. The third kappa shape index (κ3) is 4.68. The summed E-state index contributed by atoms with van der Waals surface area (Å²) in [6.45, 7) is 7.65. The van der Waals surface area contributed by atoms with Crippen molar-refractivity contribution >= 4 is 5.91 Å². The third-order valence-electron chi connectivity index (χ3n) is 5.17. The number of rotatable bonds is 9. The molecule has 28 heavy (non-hydrogen) atoms. The summed E-state index contributed by atoms with van der Waals surface area (Å²) in [7, 11) is 2.06. The number of nitrogens with one attached hydrogen (secondary N) is 1. The molecule has 1 atom stereocenters. The Bertz CT molecular complexity index is 781. The highest BCUT2D eigenvalue weighted by Gasteiger charge is 2.25. The summed E-state index contributed by atoms with van der Waals surface area (Å²) >= 11 is 0. The number of hydrogen-bond donors (Lipinski definition) is 1. The Hall–Kier alpha value is -2.47. The van der Waals surface area contributed by atoms with Crippen LogP contribution in [0, 0.1) is 0 Å². The van der Waals surface area contributed by atoms with Crippen molar-refractivity contribution in [3.05, 3.63) is 47.8 Å². The van der Waals surface area contributed by atoms with Crippen molar-refractivity contribution in [3.8, 4) is 11.5 Å². The zero-order valence-corrected chi connectivity index (χ0v) is 17.1. The molecule has 1 amide bonds. The molecule has 1 aliphatic rings. The first-order chi connectivity index (χ1) is 13.6. The lowest BCUT2D eigenvalue weighted by molar-refractivity contribution is 0.0936. The fraction of sp³-hybridized carbons (Fsp3) is 0.500. The molecule has 2 heterocycles. The van der Waals surface area contributed by atoms with E-state index in [4.69, 9.17) is 9.47 Å². The largest absolute Gasteiger partial charge is 0.490 e. The van der Waals surface area contributed by atoms with Crippen LogP contribution in [-0.4, -0.2) is 48.2 Å². The number of aryl methyl sites for hydroxylation is 1. The fourth-order valence-electron chi connectivity index (χ4n) is 3.78. The smallest absolute Gasteiger partial charge is 0.251 e. The monoisotopic (exact) mass is 385 g/mol. The molecule has 152 valence electrons. The molecule has 0 bridgehead atoms. The number of carbonyl (C=O) groups is 1. The van der Waals surface area contributed by atoms with Crippen LogP contribution in [0.15, 0.2) is 36.5 Å². The molecule has 0 saturated carbocycles. The average Bonchev–Trinajstić information content (AvgIpc) is 3.36. The Morgan fingerprint density at radius 1 is 1.11 bits per heavy atom. The van der Waals surface area contributed by atoms with Crippen LogP contribution in [0.25, 0.3) is 0 Å². The molecule has 0 radical (unpaired) electrons. The van der Waals surface area contributed by atoms with Gasteiger partial charge in [-0.25, -0.2) is 0 Å². The summed E-state index contributed by atoms with van der Waals surface area (Å²) in [5.41, 5.74) is 1.81. The molecule has 1 aromatic carbocycles. The van der Waals surface area contributed by atoms with Gasteiger partial charge in [0.05, 0.1) is 19.3 Å². The van der Waals surface area contributed by atoms with Gasteiger partial charge in [0.1, 0.15) is 0 Å². The van der Waals surface area contributed by atoms with E-state index in [-0.39, 0.29) is 11.9 Å². The van der Waals surface area contributed by atoms with Crippen molar-refractivity contribution < 1.29 is 14.3 Å². The van der Waals surface area contributed by atoms with E-state index < -0.39 is 0 Å². The molecule has 1 aromatic heterocycles. The van der Waals surface area contributed by atoms with E-state index in [1.807, 2.05) is 13.8 Å². The summed E-state index contributed by atoms with van der Waals surface area (Å²) < 4.78 is 13.4. The Kier molecular flexibility index (Phi) is 6.98. The summed E-state index contributed by atoms with van der Waals surface area (Å²) in [4.78, 5) is 15.3. The van der Waals surface area contributed by atoms with E-state index in [0.29, 0.717) is 36.8 Å². The Balaban J connectivity index is 1.72. The van der Waals surface area contributed by atoms with Gasteiger partial charge in [-0.3, -0.25) is 9.69 Å². The van der Waals surface area contributed by atoms with Crippen LogP contribution < -0.4 is 14.8 Å². The van der Waals surface area contributed by atoms with Gasteiger partial charge in [-0.15, -0.1) is 0 Å². The average molecular weight is 386 g/mol. The van der Waals surface area contributed by atoms with Crippen molar-refractivity contribution in [3.63, 3.8) is 0 Å². The number of ether oxygens (including phenoxy) is 2. The second-order valence-corrected chi connectivity index (χ2v) is 7.04. The van der Waals surface area contributed by atoms with Gasteiger partial charge in [-0.2, -0.15) is 0 Å². The van der Waals surface area contributed by atoms with Crippen LogP contribution in [0.1, 0.15) is 48.8 Å². The predicted molar refractivity (Wildman–Crippen MR) is 110 cm³/mol. The maximum Gasteiger partial charge on any atom is 0.251 e. The number of hydrogen-bond acceptors (Lipinski definition) is 4. The molecule has 2 aromatic rings. The minimum absolute atomic E-state index is 0.0950. The van der Waals surface area contributed by atoms with Gasteiger partial charge in [0.15, 0.2) is 11.5 Å². The van der Waals surface area contributed by atoms with Gasteiger partial charge in [0.2, 0.25) is 0 Å². The van der Waals surface area contributed by atoms with Crippen LogP contribution in [0.2, 0.25) is 0 Å². The van der Waals surface area contributed by atoms with Gasteiger partial charge in [0.25, 0.3) is 5.91 Å². The maximum absolute atomic E-state index is 12.8. The molecule has 1 fully saturated rings. The van der Waals surface area contributed by atoms with E-state index >= 15 is 0 Å². The lowest BCUT2D eigenvalue weighted by Crippen LogP contribution is -2.37. The summed E-state index contributed by atoms with van der Waals surface area (Å²) in [6.07, 6.45) is 4.48. The highest BCUT2D eigenvalue weighted by atomic mass is 16.5. The quantitative estimate of drug-likeness (QED) is 0.719. The van der Waals surface area contributed by atoms with Crippen LogP contribution >= 0.6 is 0 Å². The second-order valence-electron chi connectivity index (χ2n) is 7.04. The highest BCUT2D eigenvalue weighted by Crippen LogP contribution is 2.29. The van der Waals surface area contributed by atoms with Crippen molar-refractivity contribution in [1.29, 1.82) is 0 Å². The SMILES string of the molecule is CCOc1ccc(C(=O)NCC(c2cccn2C)N2CCCC2)cc1OCC. The molecule has 6 nitrogen and oxygen atoms in total. The number of benzene rings is 1. The van der Waals surface area contributed by atoms with Gasteiger partial charge >= 0.3 is 0 Å². The van der Waals surface area contributed by atoms with Crippen LogP contribution in [0.3, 0.4) is 0 Å². The van der Waals surface area contributed by atoms with E-state index in [1.54, 1.807) is 18.2 Å². The first-order valence-electron chi connectivity index (χ1n) is 10.2. The highest BCUT2D eigenvalue weighted by molar-refractivity contribution is 5.94. The fourth-order valence-corrected chi connectivity index (χ4v) is 3.78. The Labute approximate surface area is 167 Å². The molecule has 1 unspecified atom stereocenters. The first kappa shape index (κ1) is 20.3. The molecule has 3 rings (SSSR count). The lowest BCUT2D eigenvalue weighted by Gasteiger charge is -2.28. The molecule has 6 heteroatoms. The molecule has 1 aliphatic heterocycles. The number of aromatic nitrogens is 1. The minimum Gasteiger partial charge on any atom is -0.490 e. The summed E-state index contributed by atoms with van der Waals surface area (Å²) in [5.74, 6) is 1.18. The molecule has 0 aliphatic carbocycles. The maximum atomic E-state index is 12.8. The summed E-state index contributed by atoms with van der Waals surface area (Å²) in [5, 5.41) is 3.12. The van der Waals surface area contributed by atoms with Crippen molar-refractivity contribution in [2.24, 2.45) is 7.05 Å². The summed E-state index contributed by atoms with van der Waals surface area (Å²) in [6, 6.07) is 9.73. The standard InChI is InChI=1S/C22H31N3O3/c1-4-27-20-11-10-17(15-21(20)28-5-2)22(26)23-16-19(25-13-6-7-14-25)18-9-8-12-24(18)3/h8-12,15,19H,4-7,13-14,16H2,1-3H3,(H,23,26). The van der Waals surface area contributed by atoms with Crippen molar-refractivity contribution in [1.82, 2.24) is 14.8 Å². The van der Waals surface area contributed by atoms with Gasteiger partial charge < -0.3 is 19.4 Å². The molecule has 1 saturated heterocycles. The van der Waals surface area contributed by atoms with Crippen LogP contribution in [0.4, 0.5) is 0 Å². The molecular formula is C22H31N3O3. The van der Waals surface area contributed by atoms with E-state index in [9.17, 15) is 4.79 Å². The van der Waals surface area contributed by atoms with Gasteiger partial charge in [-0.1, -0.05) is 0 Å². The molecular weight excluding hydrogens is 354 g/mol. The normalized spacial score (nSPS) is 15.4. The number of nitrogens with zero attached hydrogens (tertiary/aromatic N) is 2. The predicted octanol–water partition coefficient (Wildman–Crippen LogP) is 3.39. The topological polar surface area (TPSA) is 55.7 Å². The van der Waals surface area contributed by atoms with Gasteiger partial charge in [0, 0.05) is 31.0 Å². The number of carbonyl (C=O) groups excluding carboxylic acids is 1. The molecule has 1 N–H and O–H groups in total. The van der Waals surface area contributed by atoms with E-state index in [0.717, 1.165) is 13.1 Å². The van der Waals surface area contributed by atoms with Gasteiger partial charge in [-0.05, 0) is 70.1 Å².